The van der Waals surface area contributed by atoms with Gasteiger partial charge < -0.3 is 10.6 Å². The fourth-order valence-electron chi connectivity index (χ4n) is 5.19. The van der Waals surface area contributed by atoms with Crippen molar-refractivity contribution in [2.75, 3.05) is 6.54 Å². The van der Waals surface area contributed by atoms with Crippen LogP contribution in [0.25, 0.3) is 0 Å². The van der Waals surface area contributed by atoms with E-state index < -0.39 is 0 Å². The standard InChI is InChI=1S/C16H28N2O/c1-15(2)7-13-8-16(3,9-15)10-18(13)14(19)11-4-5-12(17)6-11/h11-13H,4-10,17H2,1-3H3. The molecule has 0 radical (unpaired) electrons. The molecule has 4 unspecified atom stereocenters. The van der Waals surface area contributed by atoms with Crippen molar-refractivity contribution in [3.8, 4) is 0 Å². The van der Waals surface area contributed by atoms with Gasteiger partial charge in [0.25, 0.3) is 0 Å². The highest BCUT2D eigenvalue weighted by Gasteiger charge is 2.51. The lowest BCUT2D eigenvalue weighted by Crippen LogP contribution is -2.40. The third-order valence-corrected chi connectivity index (χ3v) is 5.52. The van der Waals surface area contributed by atoms with Crippen LogP contribution in [0.4, 0.5) is 0 Å². The molecule has 3 nitrogen and oxygen atoms in total. The second-order valence-electron chi connectivity index (χ2n) is 8.45. The van der Waals surface area contributed by atoms with E-state index in [1.165, 1.54) is 19.3 Å². The van der Waals surface area contributed by atoms with Gasteiger partial charge in [-0.15, -0.1) is 0 Å². The van der Waals surface area contributed by atoms with Gasteiger partial charge >= 0.3 is 0 Å². The van der Waals surface area contributed by atoms with Gasteiger partial charge in [-0.05, 0) is 49.4 Å². The molecular weight excluding hydrogens is 236 g/mol. The van der Waals surface area contributed by atoms with Gasteiger partial charge in [0.1, 0.15) is 0 Å². The Morgan fingerprint density at radius 2 is 1.95 bits per heavy atom. The molecule has 2 saturated carbocycles. The Morgan fingerprint density at radius 3 is 2.58 bits per heavy atom. The summed E-state index contributed by atoms with van der Waals surface area (Å²) in [6, 6.07) is 0.737. The molecular formula is C16H28N2O. The molecule has 4 atom stereocenters. The molecule has 2 aliphatic carbocycles. The number of hydrogen-bond donors (Lipinski definition) is 1. The Hall–Kier alpha value is -0.570. The number of hydrogen-bond acceptors (Lipinski definition) is 2. The molecule has 0 aromatic carbocycles. The van der Waals surface area contributed by atoms with Crippen LogP contribution in [0.15, 0.2) is 0 Å². The molecule has 3 aliphatic rings. The smallest absolute Gasteiger partial charge is 0.226 e. The molecule has 2 N–H and O–H groups in total. The molecule has 2 bridgehead atoms. The summed E-state index contributed by atoms with van der Waals surface area (Å²) >= 11 is 0. The van der Waals surface area contributed by atoms with Crippen molar-refractivity contribution in [1.82, 2.24) is 4.90 Å². The van der Waals surface area contributed by atoms with Crippen molar-refractivity contribution in [3.63, 3.8) is 0 Å². The Kier molecular flexibility index (Phi) is 2.97. The highest BCUT2D eigenvalue weighted by atomic mass is 16.2. The molecule has 0 spiro atoms. The van der Waals surface area contributed by atoms with Gasteiger partial charge in [-0.2, -0.15) is 0 Å². The minimum atomic E-state index is 0.209. The summed E-state index contributed by atoms with van der Waals surface area (Å²) in [5.41, 5.74) is 6.70. The SMILES string of the molecule is CC1(C)CC2CC(C)(CN2C(=O)C2CCC(N)C2)C1. The van der Waals surface area contributed by atoms with E-state index >= 15 is 0 Å². The molecule has 3 rings (SSSR count). The minimum absolute atomic E-state index is 0.209. The summed E-state index contributed by atoms with van der Waals surface area (Å²) in [6.07, 6.45) is 6.57. The van der Waals surface area contributed by atoms with Crippen LogP contribution in [0.2, 0.25) is 0 Å². The molecule has 19 heavy (non-hydrogen) atoms. The van der Waals surface area contributed by atoms with Crippen molar-refractivity contribution in [2.24, 2.45) is 22.5 Å². The quantitative estimate of drug-likeness (QED) is 0.791. The molecule has 1 saturated heterocycles. The minimum Gasteiger partial charge on any atom is -0.339 e. The largest absolute Gasteiger partial charge is 0.339 e. The first-order valence-corrected chi connectivity index (χ1v) is 7.84. The van der Waals surface area contributed by atoms with E-state index in [4.69, 9.17) is 5.73 Å². The normalized spacial score (nSPS) is 44.6. The average Bonchev–Trinajstić information content (AvgIpc) is 2.78. The van der Waals surface area contributed by atoms with Gasteiger partial charge in [0.15, 0.2) is 0 Å². The number of fused-ring (bicyclic) bond motifs is 2. The number of amides is 1. The maximum absolute atomic E-state index is 12.8. The summed E-state index contributed by atoms with van der Waals surface area (Å²) < 4.78 is 0. The summed E-state index contributed by atoms with van der Waals surface area (Å²) in [5, 5.41) is 0. The number of carbonyl (C=O) groups excluding carboxylic acids is 1. The second kappa shape index (κ2) is 4.21. The summed E-state index contributed by atoms with van der Waals surface area (Å²) in [6.45, 7) is 8.06. The van der Waals surface area contributed by atoms with Gasteiger partial charge in [-0.25, -0.2) is 0 Å². The molecule has 108 valence electrons. The zero-order valence-electron chi connectivity index (χ0n) is 12.6. The summed E-state index contributed by atoms with van der Waals surface area (Å²) in [5.74, 6) is 0.612. The van der Waals surface area contributed by atoms with Crippen LogP contribution in [-0.2, 0) is 4.79 Å². The highest BCUT2D eigenvalue weighted by molar-refractivity contribution is 5.80. The van der Waals surface area contributed by atoms with Crippen LogP contribution in [0, 0.1) is 16.7 Å². The number of nitrogens with zero attached hydrogens (tertiary/aromatic N) is 1. The first kappa shape index (κ1) is 13.4. The maximum atomic E-state index is 12.8. The van der Waals surface area contributed by atoms with Crippen molar-refractivity contribution in [3.05, 3.63) is 0 Å². The van der Waals surface area contributed by atoms with Crippen molar-refractivity contribution in [2.45, 2.75) is 71.4 Å². The number of carbonyl (C=O) groups is 1. The van der Waals surface area contributed by atoms with E-state index in [0.29, 0.717) is 22.8 Å². The number of nitrogens with two attached hydrogens (primary N) is 1. The monoisotopic (exact) mass is 264 g/mol. The van der Waals surface area contributed by atoms with Crippen molar-refractivity contribution in [1.29, 1.82) is 0 Å². The van der Waals surface area contributed by atoms with E-state index in [9.17, 15) is 4.79 Å². The van der Waals surface area contributed by atoms with Crippen LogP contribution in [0.3, 0.4) is 0 Å². The van der Waals surface area contributed by atoms with Gasteiger partial charge in [0, 0.05) is 24.5 Å². The van der Waals surface area contributed by atoms with Gasteiger partial charge in [-0.1, -0.05) is 20.8 Å². The van der Waals surface area contributed by atoms with Gasteiger partial charge in [0.2, 0.25) is 5.91 Å². The topological polar surface area (TPSA) is 46.3 Å². The Labute approximate surface area is 116 Å². The predicted molar refractivity (Wildman–Crippen MR) is 76.6 cm³/mol. The fraction of sp³-hybridized carbons (Fsp3) is 0.938. The number of rotatable bonds is 1. The summed E-state index contributed by atoms with van der Waals surface area (Å²) in [7, 11) is 0. The molecule has 3 fully saturated rings. The lowest BCUT2D eigenvalue weighted by Gasteiger charge is -2.39. The molecule has 3 heteroatoms. The highest BCUT2D eigenvalue weighted by Crippen LogP contribution is 2.53. The lowest BCUT2D eigenvalue weighted by atomic mass is 9.65. The van der Waals surface area contributed by atoms with Crippen LogP contribution in [-0.4, -0.2) is 29.4 Å². The maximum Gasteiger partial charge on any atom is 0.226 e. The Morgan fingerprint density at radius 1 is 1.21 bits per heavy atom. The zero-order valence-corrected chi connectivity index (χ0v) is 12.6. The van der Waals surface area contributed by atoms with Crippen LogP contribution in [0.1, 0.15) is 59.3 Å². The van der Waals surface area contributed by atoms with E-state index in [-0.39, 0.29) is 12.0 Å². The zero-order chi connectivity index (χ0) is 13.8. The van der Waals surface area contributed by atoms with Crippen LogP contribution in [0.5, 0.6) is 0 Å². The number of likely N-dealkylation sites (tertiary alicyclic amines) is 1. The molecule has 0 aromatic rings. The first-order valence-electron chi connectivity index (χ1n) is 7.84. The molecule has 1 aliphatic heterocycles. The van der Waals surface area contributed by atoms with Crippen LogP contribution >= 0.6 is 0 Å². The van der Waals surface area contributed by atoms with E-state index in [2.05, 4.69) is 25.7 Å². The summed E-state index contributed by atoms with van der Waals surface area (Å²) in [4.78, 5) is 15.0. The molecule has 1 heterocycles. The average molecular weight is 264 g/mol. The van der Waals surface area contributed by atoms with Crippen molar-refractivity contribution >= 4 is 5.91 Å². The third-order valence-electron chi connectivity index (χ3n) is 5.52. The lowest BCUT2D eigenvalue weighted by molar-refractivity contribution is -0.136. The second-order valence-corrected chi connectivity index (χ2v) is 8.45. The van der Waals surface area contributed by atoms with Crippen LogP contribution < -0.4 is 5.73 Å². The van der Waals surface area contributed by atoms with E-state index in [0.717, 1.165) is 25.8 Å². The fourth-order valence-corrected chi connectivity index (χ4v) is 5.19. The van der Waals surface area contributed by atoms with Gasteiger partial charge in [0.05, 0.1) is 0 Å². The van der Waals surface area contributed by atoms with Crippen molar-refractivity contribution < 1.29 is 4.79 Å². The van der Waals surface area contributed by atoms with E-state index in [1.54, 1.807) is 0 Å². The van der Waals surface area contributed by atoms with Gasteiger partial charge in [-0.3, -0.25) is 4.79 Å². The van der Waals surface area contributed by atoms with E-state index in [1.807, 2.05) is 0 Å². The predicted octanol–water partition coefficient (Wildman–Crippen LogP) is 2.54. The third kappa shape index (κ3) is 2.42. The first-order chi connectivity index (χ1) is 8.78. The molecule has 1 amide bonds. The Bertz CT molecular complexity index is 392. The Balaban J connectivity index is 1.75. The molecule has 0 aromatic heterocycles.